The van der Waals surface area contributed by atoms with Gasteiger partial charge in [-0.2, -0.15) is 0 Å². The SMILES string of the molecule is CCC(CC)C(Br)c1ccc2c(c1)C(C)(C)CCC2(C)C. The summed E-state index contributed by atoms with van der Waals surface area (Å²) in [5.41, 5.74) is 5.23. The lowest BCUT2D eigenvalue weighted by molar-refractivity contribution is 0.331. The summed E-state index contributed by atoms with van der Waals surface area (Å²) < 4.78 is 0. The normalized spacial score (nSPS) is 21.1. The molecule has 0 saturated heterocycles. The molecule has 1 aromatic rings. The van der Waals surface area contributed by atoms with E-state index in [1.165, 1.54) is 31.2 Å². The molecule has 0 radical (unpaired) electrons. The maximum atomic E-state index is 3.97. The van der Waals surface area contributed by atoms with Gasteiger partial charge in [-0.25, -0.2) is 0 Å². The maximum Gasteiger partial charge on any atom is 0.0423 e. The number of benzene rings is 1. The molecule has 1 heteroatoms. The molecule has 1 aliphatic carbocycles. The predicted octanol–water partition coefficient (Wildman–Crippen LogP) is 6.91. The first-order valence-corrected chi connectivity index (χ1v) is 9.43. The van der Waals surface area contributed by atoms with Crippen molar-refractivity contribution >= 4 is 15.9 Å². The fourth-order valence-corrected chi connectivity index (χ4v) is 4.78. The van der Waals surface area contributed by atoms with Crippen molar-refractivity contribution in [3.63, 3.8) is 0 Å². The van der Waals surface area contributed by atoms with Crippen LogP contribution in [0.5, 0.6) is 0 Å². The predicted molar refractivity (Wildman–Crippen MR) is 97.5 cm³/mol. The monoisotopic (exact) mass is 350 g/mol. The van der Waals surface area contributed by atoms with Crippen molar-refractivity contribution in [3.05, 3.63) is 34.9 Å². The second kappa shape index (κ2) is 6.07. The van der Waals surface area contributed by atoms with E-state index in [1.54, 1.807) is 11.1 Å². The Hall–Kier alpha value is -0.300. The number of hydrogen-bond donors (Lipinski definition) is 0. The Morgan fingerprint density at radius 2 is 1.48 bits per heavy atom. The van der Waals surface area contributed by atoms with Gasteiger partial charge < -0.3 is 0 Å². The van der Waals surface area contributed by atoms with Crippen LogP contribution in [0.1, 0.15) is 88.7 Å². The summed E-state index contributed by atoms with van der Waals surface area (Å²) in [6.45, 7) is 14.2. The van der Waals surface area contributed by atoms with E-state index in [0.29, 0.717) is 15.7 Å². The van der Waals surface area contributed by atoms with Crippen molar-refractivity contribution in [2.24, 2.45) is 5.92 Å². The summed E-state index contributed by atoms with van der Waals surface area (Å²) >= 11 is 3.97. The van der Waals surface area contributed by atoms with Crippen molar-refractivity contribution in [3.8, 4) is 0 Å². The second-order valence-corrected chi connectivity index (χ2v) is 9.04. The molecule has 0 saturated carbocycles. The minimum absolute atomic E-state index is 0.307. The van der Waals surface area contributed by atoms with Gasteiger partial charge >= 0.3 is 0 Å². The Bertz CT molecular complexity index is 495. The summed E-state index contributed by atoms with van der Waals surface area (Å²) in [7, 11) is 0. The number of alkyl halides is 1. The zero-order chi connectivity index (χ0) is 15.8. The van der Waals surface area contributed by atoms with Gasteiger partial charge in [-0.1, -0.05) is 88.5 Å². The number of hydrogen-bond acceptors (Lipinski definition) is 0. The molecular formula is C20H31Br. The first kappa shape index (κ1) is 17.1. The average Bonchev–Trinajstić information content (AvgIpc) is 2.45. The zero-order valence-corrected chi connectivity index (χ0v) is 16.2. The van der Waals surface area contributed by atoms with Gasteiger partial charge in [0.15, 0.2) is 0 Å². The lowest BCUT2D eigenvalue weighted by Gasteiger charge is -2.42. The maximum absolute atomic E-state index is 3.97. The molecule has 118 valence electrons. The van der Waals surface area contributed by atoms with Gasteiger partial charge in [-0.05, 0) is 46.3 Å². The summed E-state index contributed by atoms with van der Waals surface area (Å²) in [5, 5.41) is 0. The lowest BCUT2D eigenvalue weighted by atomic mass is 9.63. The topological polar surface area (TPSA) is 0 Å². The van der Waals surface area contributed by atoms with Gasteiger partial charge in [0.25, 0.3) is 0 Å². The van der Waals surface area contributed by atoms with E-state index in [-0.39, 0.29) is 0 Å². The smallest absolute Gasteiger partial charge is 0.0423 e. The van der Waals surface area contributed by atoms with E-state index < -0.39 is 0 Å². The molecule has 0 fully saturated rings. The highest BCUT2D eigenvalue weighted by Crippen LogP contribution is 2.47. The van der Waals surface area contributed by atoms with Crippen LogP contribution in [-0.2, 0) is 10.8 Å². The highest BCUT2D eigenvalue weighted by molar-refractivity contribution is 9.09. The molecule has 1 aliphatic rings. The van der Waals surface area contributed by atoms with Crippen LogP contribution in [0.2, 0.25) is 0 Å². The van der Waals surface area contributed by atoms with Crippen LogP contribution >= 0.6 is 15.9 Å². The highest BCUT2D eigenvalue weighted by atomic mass is 79.9. The van der Waals surface area contributed by atoms with E-state index in [0.717, 1.165) is 5.92 Å². The molecule has 0 amide bonds. The minimum Gasteiger partial charge on any atom is -0.0836 e. The van der Waals surface area contributed by atoms with Crippen molar-refractivity contribution in [1.29, 1.82) is 0 Å². The van der Waals surface area contributed by atoms with Crippen LogP contribution in [0.15, 0.2) is 18.2 Å². The average molecular weight is 351 g/mol. The molecule has 21 heavy (non-hydrogen) atoms. The van der Waals surface area contributed by atoms with Crippen LogP contribution in [0.3, 0.4) is 0 Å². The molecule has 0 bridgehead atoms. The third kappa shape index (κ3) is 3.23. The number of fused-ring (bicyclic) bond motifs is 1. The van der Waals surface area contributed by atoms with Crippen LogP contribution in [0.25, 0.3) is 0 Å². The summed E-state index contributed by atoms with van der Waals surface area (Å²) in [4.78, 5) is 0.485. The molecule has 2 rings (SSSR count). The fraction of sp³-hybridized carbons (Fsp3) is 0.700. The van der Waals surface area contributed by atoms with E-state index in [2.05, 4.69) is 75.7 Å². The number of rotatable bonds is 4. The van der Waals surface area contributed by atoms with E-state index >= 15 is 0 Å². The summed E-state index contributed by atoms with van der Waals surface area (Å²) in [6.07, 6.45) is 5.04. The molecule has 1 atom stereocenters. The minimum atomic E-state index is 0.307. The van der Waals surface area contributed by atoms with Gasteiger partial charge in [-0.15, -0.1) is 0 Å². The van der Waals surface area contributed by atoms with E-state index in [9.17, 15) is 0 Å². The Morgan fingerprint density at radius 1 is 0.952 bits per heavy atom. The highest BCUT2D eigenvalue weighted by Gasteiger charge is 2.37. The van der Waals surface area contributed by atoms with Gasteiger partial charge in [0.1, 0.15) is 0 Å². The van der Waals surface area contributed by atoms with Crippen molar-refractivity contribution < 1.29 is 0 Å². The molecule has 1 aromatic carbocycles. The second-order valence-electron chi connectivity index (χ2n) is 8.05. The molecule has 0 spiro atoms. The first-order chi connectivity index (χ1) is 9.73. The Balaban J connectivity index is 2.46. The van der Waals surface area contributed by atoms with Crippen LogP contribution in [0, 0.1) is 5.92 Å². The van der Waals surface area contributed by atoms with Gasteiger partial charge in [0.2, 0.25) is 0 Å². The molecule has 1 unspecified atom stereocenters. The van der Waals surface area contributed by atoms with Gasteiger partial charge in [0.05, 0.1) is 0 Å². The Kier molecular flexibility index (Phi) is 4.93. The lowest BCUT2D eigenvalue weighted by Crippen LogP contribution is -2.34. The van der Waals surface area contributed by atoms with Crippen molar-refractivity contribution in [2.75, 3.05) is 0 Å². The molecule has 0 heterocycles. The third-order valence-electron chi connectivity index (χ3n) is 5.66. The largest absolute Gasteiger partial charge is 0.0836 e. The van der Waals surface area contributed by atoms with Crippen LogP contribution < -0.4 is 0 Å². The Labute approximate surface area is 139 Å². The van der Waals surface area contributed by atoms with Crippen LogP contribution in [0.4, 0.5) is 0 Å². The third-order valence-corrected chi connectivity index (χ3v) is 6.93. The summed E-state index contributed by atoms with van der Waals surface area (Å²) in [5.74, 6) is 0.725. The van der Waals surface area contributed by atoms with Crippen LogP contribution in [-0.4, -0.2) is 0 Å². The standard InChI is InChI=1S/C20H31Br/c1-7-14(8-2)18(21)15-9-10-16-17(13-15)20(5,6)12-11-19(16,3)4/h9-10,13-14,18H,7-8,11-12H2,1-6H3. The summed E-state index contributed by atoms with van der Waals surface area (Å²) in [6, 6.07) is 7.26. The molecule has 0 aliphatic heterocycles. The van der Waals surface area contributed by atoms with Gasteiger partial charge in [0, 0.05) is 4.83 Å². The molecule has 0 nitrogen and oxygen atoms in total. The molecule has 0 aromatic heterocycles. The Morgan fingerprint density at radius 3 is 2.00 bits per heavy atom. The van der Waals surface area contributed by atoms with Crippen molar-refractivity contribution in [1.82, 2.24) is 0 Å². The first-order valence-electron chi connectivity index (χ1n) is 8.52. The molecule has 0 N–H and O–H groups in total. The van der Waals surface area contributed by atoms with Gasteiger partial charge in [-0.3, -0.25) is 0 Å². The zero-order valence-electron chi connectivity index (χ0n) is 14.6. The van der Waals surface area contributed by atoms with Crippen molar-refractivity contribution in [2.45, 2.75) is 82.9 Å². The fourth-order valence-electron chi connectivity index (χ4n) is 3.75. The van der Waals surface area contributed by atoms with E-state index in [4.69, 9.17) is 0 Å². The quantitative estimate of drug-likeness (QED) is 0.517. The van der Waals surface area contributed by atoms with E-state index in [1.807, 2.05) is 0 Å². The molecular weight excluding hydrogens is 320 g/mol. The number of halogens is 1.